The summed E-state index contributed by atoms with van der Waals surface area (Å²) in [5, 5.41) is 8.96. The number of halogens is 1. The van der Waals surface area contributed by atoms with Crippen LogP contribution in [0.15, 0.2) is 10.7 Å². The minimum atomic E-state index is -1.01. The molecular weight excluding hydrogens is 272 g/mol. The molecule has 16 heavy (non-hydrogen) atoms. The minimum absolute atomic E-state index is 0.0598. The highest BCUT2D eigenvalue weighted by Gasteiger charge is 2.26. The third kappa shape index (κ3) is 2.24. The highest BCUT2D eigenvalue weighted by molar-refractivity contribution is 9.10. The lowest BCUT2D eigenvalue weighted by atomic mass is 10.1. The van der Waals surface area contributed by atoms with Crippen molar-refractivity contribution in [1.29, 1.82) is 0 Å². The van der Waals surface area contributed by atoms with E-state index in [-0.39, 0.29) is 5.69 Å². The van der Waals surface area contributed by atoms with Crippen LogP contribution in [0.3, 0.4) is 0 Å². The first-order chi connectivity index (χ1) is 7.58. The van der Waals surface area contributed by atoms with Crippen molar-refractivity contribution >= 4 is 21.9 Å². The van der Waals surface area contributed by atoms with Crippen LogP contribution >= 0.6 is 15.9 Å². The second kappa shape index (κ2) is 4.49. The van der Waals surface area contributed by atoms with Crippen LogP contribution in [0.1, 0.15) is 48.4 Å². The van der Waals surface area contributed by atoms with Crippen LogP contribution in [0, 0.1) is 5.92 Å². The normalized spacial score (nSPS) is 24.6. The molecule has 0 saturated heterocycles. The van der Waals surface area contributed by atoms with E-state index in [2.05, 4.69) is 32.8 Å². The number of aromatic carboxylic acids is 1. The van der Waals surface area contributed by atoms with Crippen molar-refractivity contribution < 1.29 is 9.90 Å². The molecule has 0 radical (unpaired) electrons. The molecule has 2 atom stereocenters. The standard InChI is InChI=1S/C11H13BrN2O2/c1-6-2-3-7(4-6)10-13-5-8(12)9(14-10)11(15)16/h5-7H,2-4H2,1H3,(H,15,16). The summed E-state index contributed by atoms with van der Waals surface area (Å²) in [7, 11) is 0. The molecule has 1 aromatic rings. The number of rotatable bonds is 2. The zero-order valence-electron chi connectivity index (χ0n) is 8.98. The maximum absolute atomic E-state index is 10.9. The summed E-state index contributed by atoms with van der Waals surface area (Å²) in [6.07, 6.45) is 4.82. The second-order valence-electron chi connectivity index (χ2n) is 4.35. The molecule has 0 aromatic carbocycles. The van der Waals surface area contributed by atoms with Crippen molar-refractivity contribution in [3.63, 3.8) is 0 Å². The van der Waals surface area contributed by atoms with Crippen molar-refractivity contribution in [2.45, 2.75) is 32.1 Å². The van der Waals surface area contributed by atoms with E-state index in [1.807, 2.05) is 0 Å². The van der Waals surface area contributed by atoms with Gasteiger partial charge in [-0.05, 0) is 41.1 Å². The fourth-order valence-electron chi connectivity index (χ4n) is 2.17. The van der Waals surface area contributed by atoms with Crippen molar-refractivity contribution in [3.8, 4) is 0 Å². The van der Waals surface area contributed by atoms with Crippen LogP contribution in [0.25, 0.3) is 0 Å². The molecule has 0 spiro atoms. The molecule has 1 aliphatic carbocycles. The summed E-state index contributed by atoms with van der Waals surface area (Å²) in [5.41, 5.74) is 0.0598. The van der Waals surface area contributed by atoms with E-state index in [1.54, 1.807) is 0 Å². The summed E-state index contributed by atoms with van der Waals surface area (Å²) in [6, 6.07) is 0. The Labute approximate surface area is 102 Å². The molecule has 86 valence electrons. The largest absolute Gasteiger partial charge is 0.476 e. The molecule has 2 rings (SSSR count). The molecule has 1 N–H and O–H groups in total. The van der Waals surface area contributed by atoms with E-state index in [0.29, 0.717) is 22.1 Å². The number of carboxylic acid groups (broad SMARTS) is 1. The molecule has 0 amide bonds. The Balaban J connectivity index is 2.29. The molecule has 4 nitrogen and oxygen atoms in total. The monoisotopic (exact) mass is 284 g/mol. The molecule has 1 heterocycles. The first kappa shape index (κ1) is 11.5. The van der Waals surface area contributed by atoms with E-state index in [1.165, 1.54) is 12.6 Å². The van der Waals surface area contributed by atoms with E-state index in [9.17, 15) is 4.79 Å². The topological polar surface area (TPSA) is 63.1 Å². The predicted octanol–water partition coefficient (Wildman–Crippen LogP) is 2.84. The minimum Gasteiger partial charge on any atom is -0.476 e. The SMILES string of the molecule is CC1CCC(c2ncc(Br)c(C(=O)O)n2)C1. The number of carbonyl (C=O) groups is 1. The number of hydrogen-bond donors (Lipinski definition) is 1. The van der Waals surface area contributed by atoms with Gasteiger partial charge < -0.3 is 5.11 Å². The predicted molar refractivity (Wildman–Crippen MR) is 62.4 cm³/mol. The van der Waals surface area contributed by atoms with E-state index in [0.717, 1.165) is 12.8 Å². The van der Waals surface area contributed by atoms with Gasteiger partial charge in [0.05, 0.1) is 4.47 Å². The molecule has 1 saturated carbocycles. The zero-order valence-corrected chi connectivity index (χ0v) is 10.6. The van der Waals surface area contributed by atoms with Gasteiger partial charge >= 0.3 is 5.97 Å². The summed E-state index contributed by atoms with van der Waals surface area (Å²) in [5.74, 6) is 0.665. The Morgan fingerprint density at radius 3 is 2.88 bits per heavy atom. The third-order valence-corrected chi connectivity index (χ3v) is 3.61. The van der Waals surface area contributed by atoms with Gasteiger partial charge in [-0.1, -0.05) is 6.92 Å². The molecule has 0 aliphatic heterocycles. The lowest BCUT2D eigenvalue weighted by molar-refractivity contribution is 0.0688. The molecule has 2 unspecified atom stereocenters. The van der Waals surface area contributed by atoms with Gasteiger partial charge in [0, 0.05) is 12.1 Å². The third-order valence-electron chi connectivity index (χ3n) is 3.03. The highest BCUT2D eigenvalue weighted by atomic mass is 79.9. The van der Waals surface area contributed by atoms with Gasteiger partial charge in [-0.25, -0.2) is 14.8 Å². The van der Waals surface area contributed by atoms with E-state index < -0.39 is 5.97 Å². The van der Waals surface area contributed by atoms with Gasteiger partial charge in [0.1, 0.15) is 5.82 Å². The molecule has 1 aliphatic rings. The van der Waals surface area contributed by atoms with Crippen molar-refractivity contribution in [3.05, 3.63) is 22.2 Å². The Morgan fingerprint density at radius 2 is 2.31 bits per heavy atom. The summed E-state index contributed by atoms with van der Waals surface area (Å²) in [6.45, 7) is 2.21. The number of carboxylic acids is 1. The van der Waals surface area contributed by atoms with E-state index >= 15 is 0 Å². The average molecular weight is 285 g/mol. The fourth-order valence-corrected chi connectivity index (χ4v) is 2.53. The average Bonchev–Trinajstić information content (AvgIpc) is 2.65. The fraction of sp³-hybridized carbons (Fsp3) is 0.545. The summed E-state index contributed by atoms with van der Waals surface area (Å²) in [4.78, 5) is 19.3. The number of hydrogen-bond acceptors (Lipinski definition) is 3. The van der Waals surface area contributed by atoms with Crippen LogP contribution in [0.4, 0.5) is 0 Å². The number of nitrogens with zero attached hydrogens (tertiary/aromatic N) is 2. The quantitative estimate of drug-likeness (QED) is 0.907. The summed E-state index contributed by atoms with van der Waals surface area (Å²) < 4.78 is 0.440. The smallest absolute Gasteiger partial charge is 0.355 e. The van der Waals surface area contributed by atoms with Crippen molar-refractivity contribution in [2.24, 2.45) is 5.92 Å². The maximum atomic E-state index is 10.9. The highest BCUT2D eigenvalue weighted by Crippen LogP contribution is 2.36. The van der Waals surface area contributed by atoms with Crippen molar-refractivity contribution in [2.75, 3.05) is 0 Å². The number of aromatic nitrogens is 2. The first-order valence-electron chi connectivity index (χ1n) is 5.33. The van der Waals surface area contributed by atoms with Gasteiger partial charge in [-0.15, -0.1) is 0 Å². The van der Waals surface area contributed by atoms with Gasteiger partial charge in [-0.2, -0.15) is 0 Å². The first-order valence-corrected chi connectivity index (χ1v) is 6.13. The molecule has 1 aromatic heterocycles. The Morgan fingerprint density at radius 1 is 1.56 bits per heavy atom. The van der Waals surface area contributed by atoms with Gasteiger partial charge in [0.25, 0.3) is 0 Å². The molecule has 0 bridgehead atoms. The van der Waals surface area contributed by atoms with Crippen molar-refractivity contribution in [1.82, 2.24) is 9.97 Å². The lowest BCUT2D eigenvalue weighted by Crippen LogP contribution is -2.08. The maximum Gasteiger partial charge on any atom is 0.355 e. The summed E-state index contributed by atoms with van der Waals surface area (Å²) >= 11 is 3.15. The van der Waals surface area contributed by atoms with E-state index in [4.69, 9.17) is 5.11 Å². The van der Waals surface area contributed by atoms with Crippen LogP contribution in [0.5, 0.6) is 0 Å². The lowest BCUT2D eigenvalue weighted by Gasteiger charge is -2.09. The van der Waals surface area contributed by atoms with Crippen LogP contribution in [-0.2, 0) is 0 Å². The van der Waals surface area contributed by atoms with Gasteiger partial charge in [-0.3, -0.25) is 0 Å². The van der Waals surface area contributed by atoms with Gasteiger partial charge in [0.2, 0.25) is 0 Å². The Kier molecular flexibility index (Phi) is 3.23. The second-order valence-corrected chi connectivity index (χ2v) is 5.20. The zero-order chi connectivity index (χ0) is 11.7. The Hall–Kier alpha value is -0.970. The van der Waals surface area contributed by atoms with Crippen LogP contribution in [0.2, 0.25) is 0 Å². The van der Waals surface area contributed by atoms with Crippen LogP contribution in [-0.4, -0.2) is 21.0 Å². The van der Waals surface area contributed by atoms with Gasteiger partial charge in [0.15, 0.2) is 5.69 Å². The molecule has 1 fully saturated rings. The molecule has 5 heteroatoms. The molecular formula is C11H13BrN2O2. The van der Waals surface area contributed by atoms with Crippen LogP contribution < -0.4 is 0 Å². The Bertz CT molecular complexity index is 422.